The van der Waals surface area contributed by atoms with Crippen molar-refractivity contribution >= 4 is 108 Å². The molecule has 12 aromatic carbocycles. The molecule has 13 aromatic rings. The molecular formula is C72H50BN3Si. The van der Waals surface area contributed by atoms with Crippen molar-refractivity contribution in [3.8, 4) is 27.9 Å². The molecule has 0 radical (unpaired) electrons. The maximum absolute atomic E-state index is 2.98. The Kier molecular flexibility index (Phi) is 10.6. The third-order valence-corrected chi connectivity index (χ3v) is 21.1. The number of aromatic nitrogens is 1. The van der Waals surface area contributed by atoms with Gasteiger partial charge in [-0.25, -0.2) is 0 Å². The van der Waals surface area contributed by atoms with Gasteiger partial charge in [-0.3, -0.25) is 0 Å². The second-order valence-electron chi connectivity index (χ2n) is 20.3. The van der Waals surface area contributed by atoms with Crippen LogP contribution < -0.4 is 46.9 Å². The SMILES string of the molecule is c1ccc(-c2ccc3c(c2)c2cc(-c4ccccc4)ccc2n3-c2ccccc2N2c3cc([Si](c4ccccc4)(c4ccccc4)c4ccccc4)ccc3B3c4ccccc4N(c4ccccc4)c4cccc2c43)cc1. The topological polar surface area (TPSA) is 11.4 Å². The van der Waals surface area contributed by atoms with Crippen molar-refractivity contribution in [2.75, 3.05) is 9.80 Å². The van der Waals surface area contributed by atoms with Gasteiger partial charge in [0.05, 0.1) is 22.4 Å². The van der Waals surface area contributed by atoms with Crippen molar-refractivity contribution in [3.05, 3.63) is 303 Å². The Morgan fingerprint density at radius 3 is 1.23 bits per heavy atom. The number of anilines is 6. The van der Waals surface area contributed by atoms with Gasteiger partial charge in [0.2, 0.25) is 0 Å². The molecule has 2 aliphatic rings. The second kappa shape index (κ2) is 18.3. The van der Waals surface area contributed by atoms with E-state index in [1.165, 1.54) is 92.9 Å². The van der Waals surface area contributed by atoms with E-state index in [1.54, 1.807) is 0 Å². The first-order valence-electron chi connectivity index (χ1n) is 26.7. The first-order valence-corrected chi connectivity index (χ1v) is 28.7. The van der Waals surface area contributed by atoms with Crippen molar-refractivity contribution in [2.24, 2.45) is 0 Å². The van der Waals surface area contributed by atoms with Crippen LogP contribution in [0.4, 0.5) is 34.1 Å². The number of fused-ring (bicyclic) bond motifs is 7. The lowest BCUT2D eigenvalue weighted by atomic mass is 9.33. The average Bonchev–Trinajstić information content (AvgIpc) is 3.88. The number of hydrogen-bond donors (Lipinski definition) is 0. The lowest BCUT2D eigenvalue weighted by Crippen LogP contribution is -2.75. The highest BCUT2D eigenvalue weighted by molar-refractivity contribution is 7.20. The number of nitrogens with zero attached hydrogens (tertiary/aromatic N) is 3. The van der Waals surface area contributed by atoms with E-state index in [0.717, 1.165) is 28.1 Å². The number of benzene rings is 12. The fraction of sp³-hybridized carbons (Fsp3) is 0. The molecule has 360 valence electrons. The highest BCUT2D eigenvalue weighted by atomic mass is 28.3. The van der Waals surface area contributed by atoms with Gasteiger partial charge in [-0.1, -0.05) is 231 Å². The van der Waals surface area contributed by atoms with Crippen LogP contribution in [0.3, 0.4) is 0 Å². The molecule has 2 aliphatic heterocycles. The molecule has 0 saturated heterocycles. The maximum Gasteiger partial charge on any atom is 0.252 e. The zero-order valence-electron chi connectivity index (χ0n) is 42.3. The van der Waals surface area contributed by atoms with Crippen LogP contribution in [0.2, 0.25) is 0 Å². The normalized spacial score (nSPS) is 12.6. The first-order chi connectivity index (χ1) is 38.2. The molecule has 0 spiro atoms. The van der Waals surface area contributed by atoms with E-state index in [0.29, 0.717) is 0 Å². The summed E-state index contributed by atoms with van der Waals surface area (Å²) in [5.74, 6) is 0. The van der Waals surface area contributed by atoms with Crippen LogP contribution >= 0.6 is 0 Å². The third kappa shape index (κ3) is 7.05. The zero-order valence-corrected chi connectivity index (χ0v) is 43.3. The minimum absolute atomic E-state index is 0.0351. The van der Waals surface area contributed by atoms with Gasteiger partial charge < -0.3 is 14.4 Å². The standard InChI is InChI=1S/C72H50BN3Si/c1-7-24-51(25-8-1)53-42-46-64-60(48-53)61-49-54(52-26-9-2-10-27-52)43-47-65(61)75(64)67-38-21-22-39-68(67)76-70-41-23-40-69-72(70)73(62-36-19-20-37-66(62)74(69)55-28-11-3-12-29-55)63-45-44-59(50-71(63)76)77(56-30-13-4-14-31-56,57-32-15-5-16-33-57)58-34-17-6-18-35-58/h1-50H. The predicted octanol–water partition coefficient (Wildman–Crippen LogP) is 13.6. The average molecular weight is 996 g/mol. The molecule has 5 heteroatoms. The Balaban J connectivity index is 1.04. The quantitative estimate of drug-likeness (QED) is 0.105. The molecule has 0 unspecified atom stereocenters. The van der Waals surface area contributed by atoms with Crippen LogP contribution in [-0.2, 0) is 0 Å². The minimum Gasteiger partial charge on any atom is -0.311 e. The van der Waals surface area contributed by atoms with Gasteiger partial charge >= 0.3 is 0 Å². The summed E-state index contributed by atoms with van der Waals surface area (Å²) < 4.78 is 2.52. The summed E-state index contributed by atoms with van der Waals surface area (Å²) in [4.78, 5) is 5.10. The first kappa shape index (κ1) is 44.8. The fourth-order valence-corrected chi connectivity index (χ4v) is 17.8. The molecule has 0 aliphatic carbocycles. The number of rotatable bonds is 9. The third-order valence-electron chi connectivity index (χ3n) is 16.3. The monoisotopic (exact) mass is 995 g/mol. The molecule has 0 atom stereocenters. The highest BCUT2D eigenvalue weighted by Crippen LogP contribution is 2.47. The Hall–Kier alpha value is -9.68. The van der Waals surface area contributed by atoms with Crippen LogP contribution in [0.15, 0.2) is 303 Å². The van der Waals surface area contributed by atoms with E-state index in [4.69, 9.17) is 0 Å². The molecule has 0 fully saturated rings. The van der Waals surface area contributed by atoms with E-state index in [-0.39, 0.29) is 6.71 Å². The molecule has 1 aromatic heterocycles. The van der Waals surface area contributed by atoms with Crippen LogP contribution in [-0.4, -0.2) is 19.4 Å². The van der Waals surface area contributed by atoms with Crippen molar-refractivity contribution in [3.63, 3.8) is 0 Å². The largest absolute Gasteiger partial charge is 0.311 e. The van der Waals surface area contributed by atoms with E-state index < -0.39 is 8.07 Å². The molecule has 0 bridgehead atoms. The molecule has 0 N–H and O–H groups in total. The van der Waals surface area contributed by atoms with Crippen LogP contribution in [0.1, 0.15) is 0 Å². The summed E-state index contributed by atoms with van der Waals surface area (Å²) in [7, 11) is -2.98. The van der Waals surface area contributed by atoms with Crippen molar-refractivity contribution in [1.82, 2.24) is 4.57 Å². The molecule has 0 saturated carbocycles. The summed E-state index contributed by atoms with van der Waals surface area (Å²) in [5, 5.41) is 7.80. The Morgan fingerprint density at radius 2 is 0.688 bits per heavy atom. The summed E-state index contributed by atoms with van der Waals surface area (Å²) in [6.07, 6.45) is 0. The van der Waals surface area contributed by atoms with Gasteiger partial charge in [0.25, 0.3) is 6.71 Å². The molecule has 77 heavy (non-hydrogen) atoms. The van der Waals surface area contributed by atoms with E-state index >= 15 is 0 Å². The predicted molar refractivity (Wildman–Crippen MR) is 329 cm³/mol. The Morgan fingerprint density at radius 1 is 0.260 bits per heavy atom. The van der Waals surface area contributed by atoms with Crippen molar-refractivity contribution in [2.45, 2.75) is 0 Å². The molecular weight excluding hydrogens is 946 g/mol. The van der Waals surface area contributed by atoms with Gasteiger partial charge in [-0.05, 0) is 132 Å². The maximum atomic E-state index is 2.62. The molecule has 15 rings (SSSR count). The zero-order chi connectivity index (χ0) is 50.9. The van der Waals surface area contributed by atoms with Gasteiger partial charge in [0.1, 0.15) is 0 Å². The summed E-state index contributed by atoms with van der Waals surface area (Å²) in [5.41, 5.74) is 19.1. The Bertz CT molecular complexity index is 4140. The summed E-state index contributed by atoms with van der Waals surface area (Å²) in [6.45, 7) is -0.0351. The molecule has 0 amide bonds. The summed E-state index contributed by atoms with van der Waals surface area (Å²) >= 11 is 0. The van der Waals surface area contributed by atoms with Gasteiger partial charge in [-0.15, -0.1) is 0 Å². The molecule has 3 nitrogen and oxygen atoms in total. The van der Waals surface area contributed by atoms with E-state index in [1.807, 2.05) is 0 Å². The molecule has 3 heterocycles. The van der Waals surface area contributed by atoms with Crippen molar-refractivity contribution in [1.29, 1.82) is 0 Å². The highest BCUT2D eigenvalue weighted by Gasteiger charge is 2.46. The van der Waals surface area contributed by atoms with E-state index in [9.17, 15) is 0 Å². The smallest absolute Gasteiger partial charge is 0.252 e. The lowest BCUT2D eigenvalue weighted by Gasteiger charge is -2.45. The second-order valence-corrected chi connectivity index (χ2v) is 24.2. The van der Waals surface area contributed by atoms with Gasteiger partial charge in [0, 0.05) is 39.2 Å². The summed E-state index contributed by atoms with van der Waals surface area (Å²) in [6, 6.07) is 113. The van der Waals surface area contributed by atoms with Crippen LogP contribution in [0.5, 0.6) is 0 Å². The lowest BCUT2D eigenvalue weighted by molar-refractivity contribution is 1.15. The fourth-order valence-electron chi connectivity index (χ4n) is 13.0. The van der Waals surface area contributed by atoms with Crippen molar-refractivity contribution < 1.29 is 0 Å². The van der Waals surface area contributed by atoms with Gasteiger partial charge in [-0.2, -0.15) is 0 Å². The van der Waals surface area contributed by atoms with Gasteiger partial charge in [0.15, 0.2) is 8.07 Å². The number of para-hydroxylation sites is 4. The van der Waals surface area contributed by atoms with Crippen LogP contribution in [0, 0.1) is 0 Å². The van der Waals surface area contributed by atoms with Crippen LogP contribution in [0.25, 0.3) is 49.7 Å². The van der Waals surface area contributed by atoms with E-state index in [2.05, 4.69) is 318 Å². The minimum atomic E-state index is -2.98. The Labute approximate surface area is 450 Å². The number of hydrogen-bond acceptors (Lipinski definition) is 2.